The lowest BCUT2D eigenvalue weighted by atomic mass is 10.6. The Labute approximate surface area is 58.9 Å². The van der Waals surface area contributed by atoms with Crippen LogP contribution < -0.4 is 0 Å². The van der Waals surface area contributed by atoms with Crippen LogP contribution in [-0.4, -0.2) is 43.5 Å². The Kier molecular flexibility index (Phi) is 13.5. The van der Waals surface area contributed by atoms with E-state index in [1.54, 1.807) is 0 Å². The smallest absolute Gasteiger partial charge is 0.290 e. The highest BCUT2D eigenvalue weighted by Crippen LogP contribution is 1.85. The first kappa shape index (κ1) is 12.1. The highest BCUT2D eigenvalue weighted by Gasteiger charge is 1.94. The van der Waals surface area contributed by atoms with Crippen LogP contribution in [0.5, 0.6) is 0 Å². The molecule has 0 bridgehead atoms. The van der Waals surface area contributed by atoms with Crippen LogP contribution in [0.4, 0.5) is 0 Å². The summed E-state index contributed by atoms with van der Waals surface area (Å²) in [4.78, 5) is 8.36. The van der Waals surface area contributed by atoms with Gasteiger partial charge in [0.2, 0.25) is 0 Å². The third-order valence-corrected chi connectivity index (χ3v) is 0.744. The number of hydrogen-bond acceptors (Lipinski definition) is 3. The zero-order chi connectivity index (χ0) is 6.95. The van der Waals surface area contributed by atoms with Crippen molar-refractivity contribution in [2.75, 3.05) is 26.4 Å². The van der Waals surface area contributed by atoms with Crippen molar-refractivity contribution in [3.8, 4) is 0 Å². The minimum Gasteiger partial charge on any atom is -0.483 e. The molecule has 0 aromatic heterocycles. The maximum Gasteiger partial charge on any atom is 0.290 e. The van der Waals surface area contributed by atoms with E-state index in [0.717, 1.165) is 26.4 Å². The van der Waals surface area contributed by atoms with Crippen LogP contribution in [0, 0.1) is 0 Å². The summed E-state index contributed by atoms with van der Waals surface area (Å²) in [7, 11) is 0. The van der Waals surface area contributed by atoms with Gasteiger partial charge in [0.25, 0.3) is 6.47 Å². The number of hydrogen-bond donors (Lipinski definition) is 1. The van der Waals surface area contributed by atoms with Crippen LogP contribution in [0.2, 0.25) is 0 Å². The molecule has 3 N–H and O–H groups in total. The van der Waals surface area contributed by atoms with Gasteiger partial charge in [-0.15, -0.1) is 0 Å². The summed E-state index contributed by atoms with van der Waals surface area (Å²) in [5.41, 5.74) is 0. The Hall–Kier alpha value is -0.650. The maximum absolute atomic E-state index is 8.36. The zero-order valence-corrected chi connectivity index (χ0v) is 5.58. The van der Waals surface area contributed by atoms with Crippen LogP contribution >= 0.6 is 0 Å². The minimum atomic E-state index is -0.250. The van der Waals surface area contributed by atoms with Gasteiger partial charge in [0, 0.05) is 0 Å². The molecule has 0 saturated carbocycles. The van der Waals surface area contributed by atoms with Crippen molar-refractivity contribution < 1.29 is 24.9 Å². The Bertz CT molecular complexity index is 49.5. The lowest BCUT2D eigenvalue weighted by Gasteiger charge is -2.09. The molecular weight excluding hydrogens is 140 g/mol. The van der Waals surface area contributed by atoms with E-state index in [1.807, 2.05) is 0 Å². The Balaban J connectivity index is 0. The Morgan fingerprint density at radius 3 is 1.40 bits per heavy atom. The average molecular weight is 152 g/mol. The molecule has 0 radical (unpaired) electrons. The largest absolute Gasteiger partial charge is 0.483 e. The first-order chi connectivity index (χ1) is 4.41. The predicted molar refractivity (Wildman–Crippen MR) is 33.9 cm³/mol. The van der Waals surface area contributed by atoms with E-state index in [-0.39, 0.29) is 11.9 Å². The summed E-state index contributed by atoms with van der Waals surface area (Å²) in [5.74, 6) is 0. The standard InChI is InChI=1S/C4H8O2.CH2O2.H2O/c1-2-6-4-3-5-1;2-1-3;/h1-4H2;1H,(H,2,3);1H2. The molecule has 0 spiro atoms. The van der Waals surface area contributed by atoms with Gasteiger partial charge in [0.05, 0.1) is 26.4 Å². The lowest BCUT2D eigenvalue weighted by molar-refractivity contribution is -0.122. The summed E-state index contributed by atoms with van der Waals surface area (Å²) in [6.45, 7) is 2.86. The Morgan fingerprint density at radius 1 is 1.10 bits per heavy atom. The van der Waals surface area contributed by atoms with Crippen molar-refractivity contribution in [1.82, 2.24) is 0 Å². The fourth-order valence-corrected chi connectivity index (χ4v) is 0.440. The van der Waals surface area contributed by atoms with Gasteiger partial charge in [0.1, 0.15) is 0 Å². The molecule has 1 aliphatic heterocycles. The average Bonchev–Trinajstić information content (AvgIpc) is 1.93. The highest BCUT2D eigenvalue weighted by molar-refractivity contribution is 5.32. The Morgan fingerprint density at radius 2 is 1.30 bits per heavy atom. The quantitative estimate of drug-likeness (QED) is 0.447. The summed E-state index contributed by atoms with van der Waals surface area (Å²) < 4.78 is 9.89. The van der Waals surface area contributed by atoms with Crippen molar-refractivity contribution in [3.05, 3.63) is 0 Å². The van der Waals surface area contributed by atoms with Gasteiger partial charge in [-0.25, -0.2) is 0 Å². The molecule has 0 aliphatic carbocycles. The van der Waals surface area contributed by atoms with Crippen molar-refractivity contribution in [2.24, 2.45) is 0 Å². The summed E-state index contributed by atoms with van der Waals surface area (Å²) in [5, 5.41) is 6.89. The molecule has 1 rings (SSSR count). The number of rotatable bonds is 0. The summed E-state index contributed by atoms with van der Waals surface area (Å²) in [6.07, 6.45) is 0. The van der Waals surface area contributed by atoms with Gasteiger partial charge in [0.15, 0.2) is 0 Å². The molecule has 1 saturated heterocycles. The second-order valence-corrected chi connectivity index (χ2v) is 1.33. The van der Waals surface area contributed by atoms with E-state index in [9.17, 15) is 0 Å². The molecule has 5 heteroatoms. The van der Waals surface area contributed by atoms with Crippen molar-refractivity contribution >= 4 is 6.47 Å². The van der Waals surface area contributed by atoms with Crippen molar-refractivity contribution in [3.63, 3.8) is 0 Å². The topological polar surface area (TPSA) is 87.3 Å². The molecule has 5 nitrogen and oxygen atoms in total. The summed E-state index contributed by atoms with van der Waals surface area (Å²) in [6, 6.07) is 0. The van der Waals surface area contributed by atoms with Crippen molar-refractivity contribution in [1.29, 1.82) is 0 Å². The number of carboxylic acid groups (broad SMARTS) is 1. The van der Waals surface area contributed by atoms with Crippen LogP contribution in [0.25, 0.3) is 0 Å². The zero-order valence-electron chi connectivity index (χ0n) is 5.58. The lowest BCUT2D eigenvalue weighted by Crippen LogP contribution is -2.16. The maximum atomic E-state index is 8.36. The molecule has 0 aromatic rings. The third-order valence-electron chi connectivity index (χ3n) is 0.744. The molecule has 0 amide bonds. The first-order valence-electron chi connectivity index (χ1n) is 2.65. The van der Waals surface area contributed by atoms with Crippen LogP contribution in [0.15, 0.2) is 0 Å². The van der Waals surface area contributed by atoms with Gasteiger partial charge in [-0.1, -0.05) is 0 Å². The molecule has 1 aliphatic rings. The second-order valence-electron chi connectivity index (χ2n) is 1.33. The van der Waals surface area contributed by atoms with E-state index in [0.29, 0.717) is 0 Å². The van der Waals surface area contributed by atoms with Crippen LogP contribution in [0.3, 0.4) is 0 Å². The van der Waals surface area contributed by atoms with Crippen molar-refractivity contribution in [2.45, 2.75) is 0 Å². The molecular formula is C5H12O5. The third kappa shape index (κ3) is 10.4. The first-order valence-corrected chi connectivity index (χ1v) is 2.65. The molecule has 0 atom stereocenters. The van der Waals surface area contributed by atoms with Gasteiger partial charge in [-0.05, 0) is 0 Å². The van der Waals surface area contributed by atoms with Crippen LogP contribution in [-0.2, 0) is 14.3 Å². The van der Waals surface area contributed by atoms with Gasteiger partial charge in [-0.2, -0.15) is 0 Å². The van der Waals surface area contributed by atoms with Gasteiger partial charge >= 0.3 is 0 Å². The van der Waals surface area contributed by atoms with E-state index >= 15 is 0 Å². The number of ether oxygens (including phenoxy) is 2. The molecule has 1 heterocycles. The minimum absolute atomic E-state index is 0. The van der Waals surface area contributed by atoms with E-state index < -0.39 is 0 Å². The monoisotopic (exact) mass is 152 g/mol. The SMILES string of the molecule is C1COCCO1.O.O=CO. The molecule has 0 unspecified atom stereocenters. The van der Waals surface area contributed by atoms with Gasteiger partial charge < -0.3 is 20.1 Å². The fourth-order valence-electron chi connectivity index (χ4n) is 0.440. The molecule has 0 aromatic carbocycles. The van der Waals surface area contributed by atoms with Gasteiger partial charge in [-0.3, -0.25) is 4.79 Å². The molecule has 1 fully saturated rings. The van der Waals surface area contributed by atoms with Crippen LogP contribution in [0.1, 0.15) is 0 Å². The normalized spacial score (nSPS) is 15.6. The highest BCUT2D eigenvalue weighted by atomic mass is 16.6. The second kappa shape index (κ2) is 11.2. The van der Waals surface area contributed by atoms with E-state index in [4.69, 9.17) is 19.4 Å². The van der Waals surface area contributed by atoms with E-state index in [2.05, 4.69) is 0 Å². The summed E-state index contributed by atoms with van der Waals surface area (Å²) >= 11 is 0. The fraction of sp³-hybridized carbons (Fsp3) is 0.800. The molecule has 62 valence electrons. The predicted octanol–water partition coefficient (Wildman–Crippen LogP) is -1.09. The number of carbonyl (C=O) groups is 1. The van der Waals surface area contributed by atoms with E-state index in [1.165, 1.54) is 0 Å². The molecule has 10 heavy (non-hydrogen) atoms.